The molecular formula is C8H13N7. The van der Waals surface area contributed by atoms with Gasteiger partial charge in [0.2, 0.25) is 0 Å². The van der Waals surface area contributed by atoms with Crippen LogP contribution in [0.3, 0.4) is 0 Å². The van der Waals surface area contributed by atoms with Crippen molar-refractivity contribution in [3.8, 4) is 0 Å². The zero-order valence-electron chi connectivity index (χ0n) is 8.38. The predicted octanol–water partition coefficient (Wildman–Crippen LogP) is -0.715. The van der Waals surface area contributed by atoms with Crippen LogP contribution in [0.15, 0.2) is 18.7 Å². The lowest BCUT2D eigenvalue weighted by Gasteiger charge is -2.10. The Labute approximate surface area is 86.7 Å². The molecule has 0 aliphatic carbocycles. The minimum Gasteiger partial charge on any atom is -0.276 e. The molecule has 0 bridgehead atoms. The van der Waals surface area contributed by atoms with E-state index in [0.29, 0.717) is 0 Å². The zero-order valence-corrected chi connectivity index (χ0v) is 8.38. The second-order valence-corrected chi connectivity index (χ2v) is 3.32. The Morgan fingerprint density at radius 3 is 3.07 bits per heavy atom. The molecule has 2 heterocycles. The fourth-order valence-electron chi connectivity index (χ4n) is 1.43. The van der Waals surface area contributed by atoms with Crippen molar-refractivity contribution < 1.29 is 0 Å². The normalized spacial score (nSPS) is 12.9. The maximum atomic E-state index is 5.45. The quantitative estimate of drug-likeness (QED) is 0.454. The monoisotopic (exact) mass is 207 g/mol. The highest BCUT2D eigenvalue weighted by Gasteiger charge is 2.13. The third kappa shape index (κ3) is 2.20. The summed E-state index contributed by atoms with van der Waals surface area (Å²) >= 11 is 0. The summed E-state index contributed by atoms with van der Waals surface area (Å²) in [6.07, 6.45) is 5.93. The van der Waals surface area contributed by atoms with Gasteiger partial charge in [0, 0.05) is 13.2 Å². The van der Waals surface area contributed by atoms with Crippen LogP contribution in [0.4, 0.5) is 0 Å². The van der Waals surface area contributed by atoms with Gasteiger partial charge in [-0.1, -0.05) is 0 Å². The van der Waals surface area contributed by atoms with E-state index in [1.165, 1.54) is 6.33 Å². The zero-order chi connectivity index (χ0) is 10.7. The number of nitrogens with one attached hydrogen (secondary N) is 2. The van der Waals surface area contributed by atoms with Gasteiger partial charge in [0.05, 0.1) is 12.2 Å². The number of aryl methyl sites for hydroxylation is 1. The van der Waals surface area contributed by atoms with E-state index in [-0.39, 0.29) is 6.04 Å². The number of hydrazine groups is 1. The highest BCUT2D eigenvalue weighted by atomic mass is 15.3. The summed E-state index contributed by atoms with van der Waals surface area (Å²) < 4.78 is 1.75. The summed E-state index contributed by atoms with van der Waals surface area (Å²) in [5, 5.41) is 10.7. The molecule has 0 saturated carbocycles. The van der Waals surface area contributed by atoms with Gasteiger partial charge in [-0.2, -0.15) is 10.2 Å². The minimum absolute atomic E-state index is 0.0725. The molecule has 4 N–H and O–H groups in total. The Hall–Kier alpha value is -1.73. The number of aromatic nitrogens is 5. The topological polar surface area (TPSA) is 97.4 Å². The molecule has 0 saturated heterocycles. The Morgan fingerprint density at radius 2 is 2.53 bits per heavy atom. The summed E-state index contributed by atoms with van der Waals surface area (Å²) in [5.41, 5.74) is 3.79. The van der Waals surface area contributed by atoms with Crippen LogP contribution in [0.25, 0.3) is 0 Å². The summed E-state index contributed by atoms with van der Waals surface area (Å²) in [6, 6.07) is -0.0725. The second kappa shape index (κ2) is 4.20. The molecule has 0 spiro atoms. The molecular weight excluding hydrogens is 194 g/mol. The first kappa shape index (κ1) is 9.81. The molecule has 0 aromatic carbocycles. The van der Waals surface area contributed by atoms with Gasteiger partial charge >= 0.3 is 0 Å². The number of hydrogen-bond donors (Lipinski definition) is 3. The predicted molar refractivity (Wildman–Crippen MR) is 53.4 cm³/mol. The smallest absolute Gasteiger partial charge is 0.143 e. The molecule has 15 heavy (non-hydrogen) atoms. The molecule has 80 valence electrons. The fourth-order valence-corrected chi connectivity index (χ4v) is 1.43. The van der Waals surface area contributed by atoms with E-state index in [1.807, 2.05) is 13.2 Å². The van der Waals surface area contributed by atoms with E-state index in [2.05, 4.69) is 25.7 Å². The van der Waals surface area contributed by atoms with Crippen LogP contribution in [0, 0.1) is 0 Å². The van der Waals surface area contributed by atoms with E-state index in [4.69, 9.17) is 5.84 Å². The van der Waals surface area contributed by atoms with Crippen LogP contribution >= 0.6 is 0 Å². The molecule has 2 aromatic rings. The molecule has 0 aliphatic heterocycles. The van der Waals surface area contributed by atoms with Crippen LogP contribution in [0.1, 0.15) is 17.4 Å². The number of hydrogen-bond acceptors (Lipinski definition) is 5. The van der Waals surface area contributed by atoms with Gasteiger partial charge in [-0.15, -0.1) is 0 Å². The van der Waals surface area contributed by atoms with Crippen molar-refractivity contribution in [2.45, 2.75) is 12.5 Å². The molecule has 0 fully saturated rings. The van der Waals surface area contributed by atoms with Crippen LogP contribution in [0.5, 0.6) is 0 Å². The molecule has 2 aromatic heterocycles. The first-order valence-corrected chi connectivity index (χ1v) is 4.58. The second-order valence-electron chi connectivity index (χ2n) is 3.32. The molecule has 0 radical (unpaired) electrons. The Kier molecular flexibility index (Phi) is 2.75. The Bertz CT molecular complexity index is 404. The van der Waals surface area contributed by atoms with Crippen molar-refractivity contribution in [3.05, 3.63) is 30.1 Å². The summed E-state index contributed by atoms with van der Waals surface area (Å²) in [6.45, 7) is 0. The highest BCUT2D eigenvalue weighted by molar-refractivity contribution is 5.08. The van der Waals surface area contributed by atoms with E-state index >= 15 is 0 Å². The van der Waals surface area contributed by atoms with E-state index in [0.717, 1.165) is 17.8 Å². The minimum atomic E-state index is -0.0725. The standard InChI is InChI=1S/C8H13N7/c1-15-4-6(3-12-15)2-7(13-9)8-10-5-11-14-8/h3-5,7,13H,2,9H2,1H3,(H,10,11,14). The lowest BCUT2D eigenvalue weighted by molar-refractivity contribution is 0.524. The molecule has 1 atom stereocenters. The SMILES string of the molecule is Cn1cc(CC(NN)c2ncn[nH]2)cn1. The van der Waals surface area contributed by atoms with Gasteiger partial charge in [0.25, 0.3) is 0 Å². The third-order valence-corrected chi connectivity index (χ3v) is 2.16. The van der Waals surface area contributed by atoms with Crippen LogP contribution in [0.2, 0.25) is 0 Å². The highest BCUT2D eigenvalue weighted by Crippen LogP contribution is 2.12. The van der Waals surface area contributed by atoms with E-state index in [9.17, 15) is 0 Å². The van der Waals surface area contributed by atoms with Gasteiger partial charge in [-0.05, 0) is 12.0 Å². The first-order valence-electron chi connectivity index (χ1n) is 4.58. The van der Waals surface area contributed by atoms with Crippen molar-refractivity contribution in [2.24, 2.45) is 12.9 Å². The average molecular weight is 207 g/mol. The summed E-state index contributed by atoms with van der Waals surface area (Å²) in [4.78, 5) is 4.05. The molecule has 0 aliphatic rings. The molecule has 0 amide bonds. The first-order chi connectivity index (χ1) is 7.29. The number of H-pyrrole nitrogens is 1. The van der Waals surface area contributed by atoms with Crippen molar-refractivity contribution in [1.82, 2.24) is 30.4 Å². The van der Waals surface area contributed by atoms with Gasteiger partial charge in [-0.25, -0.2) is 10.4 Å². The van der Waals surface area contributed by atoms with Crippen molar-refractivity contribution in [1.29, 1.82) is 0 Å². The lowest BCUT2D eigenvalue weighted by atomic mass is 10.1. The lowest BCUT2D eigenvalue weighted by Crippen LogP contribution is -2.30. The van der Waals surface area contributed by atoms with Crippen molar-refractivity contribution in [2.75, 3.05) is 0 Å². The van der Waals surface area contributed by atoms with Gasteiger partial charge in [0.15, 0.2) is 0 Å². The number of nitrogens with two attached hydrogens (primary N) is 1. The Balaban J connectivity index is 2.09. The summed E-state index contributed by atoms with van der Waals surface area (Å²) in [5.74, 6) is 6.18. The molecule has 2 rings (SSSR count). The van der Waals surface area contributed by atoms with Gasteiger partial charge in [0.1, 0.15) is 12.2 Å². The maximum absolute atomic E-state index is 5.45. The third-order valence-electron chi connectivity index (χ3n) is 2.16. The number of aromatic amines is 1. The van der Waals surface area contributed by atoms with Gasteiger partial charge < -0.3 is 0 Å². The van der Waals surface area contributed by atoms with Crippen LogP contribution in [-0.2, 0) is 13.5 Å². The Morgan fingerprint density at radius 1 is 1.67 bits per heavy atom. The number of nitrogens with zero attached hydrogens (tertiary/aromatic N) is 4. The molecule has 7 nitrogen and oxygen atoms in total. The van der Waals surface area contributed by atoms with Crippen LogP contribution in [-0.4, -0.2) is 25.0 Å². The molecule has 1 unspecified atom stereocenters. The summed E-state index contributed by atoms with van der Waals surface area (Å²) in [7, 11) is 1.88. The average Bonchev–Trinajstić information content (AvgIpc) is 2.85. The van der Waals surface area contributed by atoms with Crippen molar-refractivity contribution in [3.63, 3.8) is 0 Å². The van der Waals surface area contributed by atoms with Gasteiger partial charge in [-0.3, -0.25) is 15.6 Å². The van der Waals surface area contributed by atoms with E-state index < -0.39 is 0 Å². The van der Waals surface area contributed by atoms with Crippen molar-refractivity contribution >= 4 is 0 Å². The largest absolute Gasteiger partial charge is 0.276 e. The van der Waals surface area contributed by atoms with Crippen LogP contribution < -0.4 is 11.3 Å². The fraction of sp³-hybridized carbons (Fsp3) is 0.375. The number of rotatable bonds is 4. The molecule has 7 heteroatoms. The van der Waals surface area contributed by atoms with E-state index in [1.54, 1.807) is 10.9 Å². The maximum Gasteiger partial charge on any atom is 0.143 e.